The molecule has 1 heterocycles. The largest absolute Gasteiger partial charge is 0.467 e. The van der Waals surface area contributed by atoms with Crippen LogP contribution in [0.2, 0.25) is 0 Å². The zero-order valence-electron chi connectivity index (χ0n) is 20.1. The Bertz CT molecular complexity index is 1020. The van der Waals surface area contributed by atoms with E-state index in [1.807, 2.05) is 24.3 Å². The molecular formula is C28H32FNO5. The summed E-state index contributed by atoms with van der Waals surface area (Å²) in [5.41, 5.74) is 2.64. The van der Waals surface area contributed by atoms with E-state index >= 15 is 0 Å². The van der Waals surface area contributed by atoms with Gasteiger partial charge in [0.1, 0.15) is 12.4 Å². The van der Waals surface area contributed by atoms with Crippen LogP contribution < -0.4 is 0 Å². The summed E-state index contributed by atoms with van der Waals surface area (Å²) in [4.78, 5) is 11.2. The van der Waals surface area contributed by atoms with Crippen molar-refractivity contribution in [1.82, 2.24) is 0 Å². The average molecular weight is 482 g/mol. The first-order chi connectivity index (χ1) is 17.1. The molecule has 0 amide bonds. The molecule has 6 nitrogen and oxygen atoms in total. The summed E-state index contributed by atoms with van der Waals surface area (Å²) in [5, 5.41) is 8.98. The molecule has 0 spiro atoms. The molecule has 1 aliphatic carbocycles. The maximum Gasteiger partial charge on any atom is 0.331 e. The van der Waals surface area contributed by atoms with Gasteiger partial charge < -0.3 is 18.9 Å². The molecule has 4 atom stereocenters. The lowest BCUT2D eigenvalue weighted by atomic mass is 9.69. The van der Waals surface area contributed by atoms with Gasteiger partial charge in [-0.25, -0.2) is 9.18 Å². The molecule has 0 radical (unpaired) electrons. The van der Waals surface area contributed by atoms with Gasteiger partial charge in [-0.2, -0.15) is 5.26 Å². The molecule has 2 fully saturated rings. The highest BCUT2D eigenvalue weighted by Crippen LogP contribution is 2.56. The minimum atomic E-state index is -0.370. The standard InChI is InChI=1S/C28H32FNO5/c1-32-27(31)18-33-13-3-2-4-25-24(17-34-16-21-7-5-20(15-30)6-8-21)26-14-28(25,19-35-26)22-9-11-23(29)12-10-22/h5-12,24-26H,2-4,13-14,16-19H2,1H3/t24-,25-,26-,28-/m0/s1. The Morgan fingerprint density at radius 2 is 1.91 bits per heavy atom. The van der Waals surface area contributed by atoms with Crippen molar-refractivity contribution in [3.63, 3.8) is 0 Å². The Labute approximate surface area is 205 Å². The number of fused-ring (bicyclic) bond motifs is 2. The third-order valence-electron chi connectivity index (χ3n) is 7.41. The number of nitrogens with zero attached hydrogens (tertiary/aromatic N) is 1. The van der Waals surface area contributed by atoms with Crippen molar-refractivity contribution in [2.75, 3.05) is 33.5 Å². The molecule has 2 aromatic carbocycles. The molecule has 35 heavy (non-hydrogen) atoms. The summed E-state index contributed by atoms with van der Waals surface area (Å²) < 4.78 is 36.0. The van der Waals surface area contributed by atoms with E-state index in [9.17, 15) is 9.18 Å². The molecule has 7 heteroatoms. The van der Waals surface area contributed by atoms with E-state index in [-0.39, 0.29) is 35.8 Å². The highest BCUT2D eigenvalue weighted by atomic mass is 19.1. The molecule has 4 rings (SSSR count). The molecule has 1 saturated heterocycles. The number of unbranched alkanes of at least 4 members (excludes halogenated alkanes) is 1. The van der Waals surface area contributed by atoms with Gasteiger partial charge in [0, 0.05) is 17.9 Å². The van der Waals surface area contributed by atoms with Crippen LogP contribution in [0.3, 0.4) is 0 Å². The zero-order chi connectivity index (χ0) is 24.7. The summed E-state index contributed by atoms with van der Waals surface area (Å²) in [7, 11) is 1.35. The Morgan fingerprint density at radius 3 is 2.63 bits per heavy atom. The third-order valence-corrected chi connectivity index (χ3v) is 7.41. The van der Waals surface area contributed by atoms with Crippen molar-refractivity contribution in [1.29, 1.82) is 5.26 Å². The monoisotopic (exact) mass is 481 g/mol. The van der Waals surface area contributed by atoms with E-state index in [1.165, 1.54) is 19.2 Å². The molecule has 2 aliphatic rings. The first-order valence-corrected chi connectivity index (χ1v) is 12.1. The molecule has 2 aromatic rings. The number of hydrogen-bond acceptors (Lipinski definition) is 6. The van der Waals surface area contributed by atoms with Gasteiger partial charge in [0.15, 0.2) is 0 Å². The molecule has 186 valence electrons. The van der Waals surface area contributed by atoms with Gasteiger partial charge in [0.2, 0.25) is 0 Å². The Balaban J connectivity index is 1.39. The Hall–Kier alpha value is -2.79. The molecule has 0 N–H and O–H groups in total. The number of nitriles is 1. The normalized spacial score (nSPS) is 24.9. The lowest BCUT2D eigenvalue weighted by Crippen LogP contribution is -2.41. The van der Waals surface area contributed by atoms with Crippen LogP contribution in [0.25, 0.3) is 0 Å². The van der Waals surface area contributed by atoms with Crippen LogP contribution in [-0.4, -0.2) is 45.6 Å². The summed E-state index contributed by atoms with van der Waals surface area (Å²) in [5.74, 6) is -0.0262. The van der Waals surface area contributed by atoms with Crippen LogP contribution in [0.5, 0.6) is 0 Å². The molecule has 1 aliphatic heterocycles. The Morgan fingerprint density at radius 1 is 1.14 bits per heavy atom. The van der Waals surface area contributed by atoms with Crippen molar-refractivity contribution in [3.05, 3.63) is 71.0 Å². The van der Waals surface area contributed by atoms with Crippen LogP contribution in [0.1, 0.15) is 42.4 Å². The van der Waals surface area contributed by atoms with Gasteiger partial charge in [0.05, 0.1) is 44.7 Å². The number of hydrogen-bond donors (Lipinski definition) is 0. The van der Waals surface area contributed by atoms with E-state index in [2.05, 4.69) is 10.8 Å². The first-order valence-electron chi connectivity index (χ1n) is 12.1. The zero-order valence-corrected chi connectivity index (χ0v) is 20.1. The fourth-order valence-electron chi connectivity index (χ4n) is 5.62. The lowest BCUT2D eigenvalue weighted by molar-refractivity contribution is -0.145. The summed E-state index contributed by atoms with van der Waals surface area (Å²) >= 11 is 0. The smallest absolute Gasteiger partial charge is 0.331 e. The third kappa shape index (κ3) is 5.90. The second-order valence-corrected chi connectivity index (χ2v) is 9.44. The van der Waals surface area contributed by atoms with Crippen LogP contribution in [-0.2, 0) is 35.8 Å². The van der Waals surface area contributed by atoms with Crippen molar-refractivity contribution >= 4 is 5.97 Å². The maximum absolute atomic E-state index is 13.6. The van der Waals surface area contributed by atoms with E-state index < -0.39 is 0 Å². The topological polar surface area (TPSA) is 77.8 Å². The van der Waals surface area contributed by atoms with Gasteiger partial charge in [0.25, 0.3) is 0 Å². The highest BCUT2D eigenvalue weighted by Gasteiger charge is 2.59. The minimum Gasteiger partial charge on any atom is -0.467 e. The lowest BCUT2D eigenvalue weighted by Gasteiger charge is -2.39. The number of carbonyl (C=O) groups is 1. The number of methoxy groups -OCH3 is 1. The van der Waals surface area contributed by atoms with E-state index in [4.69, 9.17) is 19.5 Å². The van der Waals surface area contributed by atoms with Crippen LogP contribution in [0, 0.1) is 29.0 Å². The molecule has 2 bridgehead atoms. The minimum absolute atomic E-state index is 0.0266. The first kappa shape index (κ1) is 25.3. The predicted octanol–water partition coefficient (Wildman–Crippen LogP) is 4.55. The van der Waals surface area contributed by atoms with E-state index in [1.54, 1.807) is 12.1 Å². The molecule has 0 aromatic heterocycles. The number of benzene rings is 2. The van der Waals surface area contributed by atoms with Gasteiger partial charge in [-0.05, 0) is 60.6 Å². The number of carbonyl (C=O) groups excluding carboxylic acids is 1. The number of rotatable bonds is 12. The van der Waals surface area contributed by atoms with Crippen LogP contribution >= 0.6 is 0 Å². The van der Waals surface area contributed by atoms with Crippen molar-refractivity contribution in [3.8, 4) is 6.07 Å². The Kier molecular flexibility index (Phi) is 8.50. The van der Waals surface area contributed by atoms with Crippen molar-refractivity contribution in [2.45, 2.75) is 43.8 Å². The number of ether oxygens (including phenoxy) is 4. The van der Waals surface area contributed by atoms with Crippen LogP contribution in [0.4, 0.5) is 4.39 Å². The van der Waals surface area contributed by atoms with E-state index in [0.29, 0.717) is 37.9 Å². The number of halogens is 1. The molecule has 1 saturated carbocycles. The predicted molar refractivity (Wildman–Crippen MR) is 127 cm³/mol. The molecular weight excluding hydrogens is 449 g/mol. The quantitative estimate of drug-likeness (QED) is 0.327. The SMILES string of the molecule is COC(=O)COCCCC[C@H]1[C@H](COCc2ccc(C#N)cc2)[C@@H]2C[C@@]1(c1ccc(F)cc1)CO2. The van der Waals surface area contributed by atoms with Gasteiger partial charge in [-0.3, -0.25) is 0 Å². The highest BCUT2D eigenvalue weighted by molar-refractivity contribution is 5.70. The van der Waals surface area contributed by atoms with Crippen molar-refractivity contribution < 1.29 is 28.1 Å². The summed E-state index contributed by atoms with van der Waals surface area (Å²) in [6, 6.07) is 16.4. The fraction of sp³-hybridized carbons (Fsp3) is 0.500. The van der Waals surface area contributed by atoms with Crippen LogP contribution in [0.15, 0.2) is 48.5 Å². The average Bonchev–Trinajstić information content (AvgIpc) is 3.45. The number of esters is 1. The van der Waals surface area contributed by atoms with Gasteiger partial charge in [-0.15, -0.1) is 0 Å². The summed E-state index contributed by atoms with van der Waals surface area (Å²) in [6.45, 7) is 2.18. The van der Waals surface area contributed by atoms with Gasteiger partial charge in [-0.1, -0.05) is 30.7 Å². The van der Waals surface area contributed by atoms with Crippen molar-refractivity contribution in [2.24, 2.45) is 11.8 Å². The molecule has 0 unspecified atom stereocenters. The van der Waals surface area contributed by atoms with Gasteiger partial charge >= 0.3 is 5.97 Å². The summed E-state index contributed by atoms with van der Waals surface area (Å²) in [6.07, 6.45) is 3.79. The fourth-order valence-corrected chi connectivity index (χ4v) is 5.62. The van der Waals surface area contributed by atoms with E-state index in [0.717, 1.165) is 36.8 Å². The maximum atomic E-state index is 13.6. The second-order valence-electron chi connectivity index (χ2n) is 9.44. The second kappa shape index (κ2) is 11.8.